The molecule has 0 unspecified atom stereocenters. The molecule has 1 rings (SSSR count). The lowest BCUT2D eigenvalue weighted by molar-refractivity contribution is -0.383. The molecule has 1 aromatic carbocycles. The molecule has 0 aromatic heterocycles. The van der Waals surface area contributed by atoms with Gasteiger partial charge in [-0.05, 0) is 26.0 Å². The Morgan fingerprint density at radius 1 is 1.50 bits per heavy atom. The Morgan fingerprint density at radius 2 is 2.12 bits per heavy atom. The van der Waals surface area contributed by atoms with E-state index in [2.05, 4.69) is 0 Å². The summed E-state index contributed by atoms with van der Waals surface area (Å²) in [5.74, 6) is -0.599. The van der Waals surface area contributed by atoms with E-state index in [1.54, 1.807) is 13.8 Å². The number of nitro benzene ring substituents is 1. The highest BCUT2D eigenvalue weighted by Crippen LogP contribution is 2.22. The standard InChI is InChI=1S/C10H12N2O4/c1-6(2)16-10(13)7-3-4-8(11)9(5-7)12(14)15/h3-6H,11H2,1-2H3. The van der Waals surface area contributed by atoms with E-state index in [0.717, 1.165) is 6.07 Å². The van der Waals surface area contributed by atoms with Crippen LogP contribution in [0.5, 0.6) is 0 Å². The number of hydrogen-bond donors (Lipinski definition) is 1. The molecule has 0 aliphatic rings. The summed E-state index contributed by atoms with van der Waals surface area (Å²) >= 11 is 0. The molecule has 0 bridgehead atoms. The zero-order valence-electron chi connectivity index (χ0n) is 8.97. The molecule has 0 saturated carbocycles. The monoisotopic (exact) mass is 224 g/mol. The Hall–Kier alpha value is -2.11. The highest BCUT2D eigenvalue weighted by molar-refractivity contribution is 5.91. The molecule has 0 aliphatic heterocycles. The van der Waals surface area contributed by atoms with Crippen LogP contribution in [0.15, 0.2) is 18.2 Å². The van der Waals surface area contributed by atoms with Gasteiger partial charge in [-0.1, -0.05) is 0 Å². The maximum Gasteiger partial charge on any atom is 0.338 e. The van der Waals surface area contributed by atoms with Gasteiger partial charge in [-0.2, -0.15) is 0 Å². The fourth-order valence-electron chi connectivity index (χ4n) is 1.11. The average molecular weight is 224 g/mol. The van der Waals surface area contributed by atoms with Gasteiger partial charge in [0.2, 0.25) is 0 Å². The third-order valence-corrected chi connectivity index (χ3v) is 1.81. The van der Waals surface area contributed by atoms with Gasteiger partial charge in [0.05, 0.1) is 16.6 Å². The van der Waals surface area contributed by atoms with Crippen LogP contribution in [0.4, 0.5) is 11.4 Å². The van der Waals surface area contributed by atoms with Gasteiger partial charge in [0.1, 0.15) is 5.69 Å². The lowest BCUT2D eigenvalue weighted by Gasteiger charge is -2.07. The molecule has 0 amide bonds. The van der Waals surface area contributed by atoms with Crippen molar-refractivity contribution in [1.82, 2.24) is 0 Å². The molecule has 86 valence electrons. The van der Waals surface area contributed by atoms with Crippen LogP contribution in [-0.4, -0.2) is 17.0 Å². The van der Waals surface area contributed by atoms with Crippen molar-refractivity contribution in [2.45, 2.75) is 20.0 Å². The Labute approximate surface area is 92.2 Å². The summed E-state index contributed by atoms with van der Waals surface area (Å²) in [7, 11) is 0. The van der Waals surface area contributed by atoms with Crippen LogP contribution in [0, 0.1) is 10.1 Å². The molecular weight excluding hydrogens is 212 g/mol. The first-order chi connectivity index (χ1) is 7.41. The summed E-state index contributed by atoms with van der Waals surface area (Å²) in [4.78, 5) is 21.4. The minimum Gasteiger partial charge on any atom is -0.459 e. The van der Waals surface area contributed by atoms with Crippen LogP contribution in [0.2, 0.25) is 0 Å². The number of anilines is 1. The van der Waals surface area contributed by atoms with Gasteiger partial charge >= 0.3 is 5.97 Å². The maximum absolute atomic E-state index is 11.5. The number of esters is 1. The molecule has 0 saturated heterocycles. The van der Waals surface area contributed by atoms with Crippen molar-refractivity contribution in [3.05, 3.63) is 33.9 Å². The number of hydrogen-bond acceptors (Lipinski definition) is 5. The first-order valence-electron chi connectivity index (χ1n) is 4.66. The van der Waals surface area contributed by atoms with E-state index in [9.17, 15) is 14.9 Å². The van der Waals surface area contributed by atoms with Crippen molar-refractivity contribution < 1.29 is 14.5 Å². The van der Waals surface area contributed by atoms with Gasteiger partial charge in [0, 0.05) is 6.07 Å². The Bertz CT molecular complexity index is 429. The average Bonchev–Trinajstić information content (AvgIpc) is 2.16. The van der Waals surface area contributed by atoms with Crippen molar-refractivity contribution in [3.8, 4) is 0 Å². The normalized spacial score (nSPS) is 10.2. The third kappa shape index (κ3) is 2.69. The minimum absolute atomic E-state index is 0.0195. The molecule has 0 fully saturated rings. The number of nitro groups is 1. The summed E-state index contributed by atoms with van der Waals surface area (Å²) in [5.41, 5.74) is 5.24. The lowest BCUT2D eigenvalue weighted by Crippen LogP contribution is -2.12. The SMILES string of the molecule is CC(C)OC(=O)c1ccc(N)c([N+](=O)[O-])c1. The van der Waals surface area contributed by atoms with Gasteiger partial charge < -0.3 is 10.5 Å². The van der Waals surface area contributed by atoms with Crippen molar-refractivity contribution in [1.29, 1.82) is 0 Å². The number of carbonyl (C=O) groups excluding carboxylic acids is 1. The van der Waals surface area contributed by atoms with Gasteiger partial charge in [-0.3, -0.25) is 10.1 Å². The van der Waals surface area contributed by atoms with E-state index in [-0.39, 0.29) is 23.0 Å². The third-order valence-electron chi connectivity index (χ3n) is 1.81. The molecule has 0 heterocycles. The molecule has 6 heteroatoms. The second kappa shape index (κ2) is 4.61. The molecule has 0 aliphatic carbocycles. The number of nitrogens with zero attached hydrogens (tertiary/aromatic N) is 1. The summed E-state index contributed by atoms with van der Waals surface area (Å²) in [5, 5.41) is 10.6. The fraction of sp³-hybridized carbons (Fsp3) is 0.300. The second-order valence-corrected chi connectivity index (χ2v) is 3.48. The predicted octanol–water partition coefficient (Wildman–Crippen LogP) is 1.74. The fourth-order valence-corrected chi connectivity index (χ4v) is 1.11. The first kappa shape index (κ1) is 12.0. The van der Waals surface area contributed by atoms with Gasteiger partial charge in [0.25, 0.3) is 5.69 Å². The quantitative estimate of drug-likeness (QED) is 0.365. The van der Waals surface area contributed by atoms with Crippen molar-refractivity contribution in [3.63, 3.8) is 0 Å². The lowest BCUT2D eigenvalue weighted by atomic mass is 10.2. The van der Waals surface area contributed by atoms with Crippen LogP contribution in [0.1, 0.15) is 24.2 Å². The van der Waals surface area contributed by atoms with Gasteiger partial charge in [-0.15, -0.1) is 0 Å². The number of carbonyl (C=O) groups is 1. The van der Waals surface area contributed by atoms with Crippen molar-refractivity contribution >= 4 is 17.3 Å². The molecular formula is C10H12N2O4. The van der Waals surface area contributed by atoms with Crippen molar-refractivity contribution in [2.75, 3.05) is 5.73 Å². The van der Waals surface area contributed by atoms with Crippen LogP contribution < -0.4 is 5.73 Å². The molecule has 2 N–H and O–H groups in total. The van der Waals surface area contributed by atoms with Gasteiger partial charge in [0.15, 0.2) is 0 Å². The summed E-state index contributed by atoms with van der Waals surface area (Å²) in [6.45, 7) is 3.40. The van der Waals surface area contributed by atoms with Crippen LogP contribution in [0.3, 0.4) is 0 Å². The smallest absolute Gasteiger partial charge is 0.338 e. The Morgan fingerprint density at radius 3 is 2.62 bits per heavy atom. The first-order valence-corrected chi connectivity index (χ1v) is 4.66. The van der Waals surface area contributed by atoms with E-state index < -0.39 is 10.9 Å². The summed E-state index contributed by atoms with van der Waals surface area (Å²) in [6, 6.07) is 3.82. The van der Waals surface area contributed by atoms with Crippen molar-refractivity contribution in [2.24, 2.45) is 0 Å². The van der Waals surface area contributed by atoms with Crippen LogP contribution >= 0.6 is 0 Å². The van der Waals surface area contributed by atoms with Crippen LogP contribution in [0.25, 0.3) is 0 Å². The zero-order valence-corrected chi connectivity index (χ0v) is 8.97. The van der Waals surface area contributed by atoms with Gasteiger partial charge in [-0.25, -0.2) is 4.79 Å². The predicted molar refractivity (Wildman–Crippen MR) is 58.1 cm³/mol. The minimum atomic E-state index is -0.637. The van der Waals surface area contributed by atoms with E-state index in [1.807, 2.05) is 0 Å². The molecule has 0 atom stereocenters. The molecule has 1 aromatic rings. The summed E-state index contributed by atoms with van der Waals surface area (Å²) in [6.07, 6.45) is -0.274. The second-order valence-electron chi connectivity index (χ2n) is 3.48. The Kier molecular flexibility index (Phi) is 3.44. The van der Waals surface area contributed by atoms with E-state index in [4.69, 9.17) is 10.5 Å². The number of ether oxygens (including phenoxy) is 1. The van der Waals surface area contributed by atoms with E-state index in [1.165, 1.54) is 12.1 Å². The highest BCUT2D eigenvalue weighted by Gasteiger charge is 2.16. The van der Waals surface area contributed by atoms with Crippen LogP contribution in [-0.2, 0) is 4.74 Å². The molecule has 6 nitrogen and oxygen atoms in total. The topological polar surface area (TPSA) is 95.5 Å². The summed E-state index contributed by atoms with van der Waals surface area (Å²) < 4.78 is 4.91. The number of nitrogens with two attached hydrogens (primary N) is 1. The number of benzene rings is 1. The number of rotatable bonds is 3. The highest BCUT2D eigenvalue weighted by atomic mass is 16.6. The Balaban J connectivity index is 3.03. The molecule has 0 radical (unpaired) electrons. The maximum atomic E-state index is 11.5. The zero-order chi connectivity index (χ0) is 12.3. The largest absolute Gasteiger partial charge is 0.459 e. The number of nitrogen functional groups attached to an aromatic ring is 1. The molecule has 0 spiro atoms. The van der Waals surface area contributed by atoms with E-state index >= 15 is 0 Å². The van der Waals surface area contributed by atoms with E-state index in [0.29, 0.717) is 0 Å². The molecule has 16 heavy (non-hydrogen) atoms.